The Hall–Kier alpha value is -1.80. The summed E-state index contributed by atoms with van der Waals surface area (Å²) >= 11 is 0. The molecule has 0 atom stereocenters. The molecule has 1 saturated heterocycles. The fraction of sp³-hybridized carbons (Fsp3) is 0.500. The SMILES string of the molecule is Cl.NCc1cc(NC(=O)CN2CCCCCC2=O)cc(C(F)(F)F)c1. The maximum Gasteiger partial charge on any atom is 0.416 e. The Balaban J connectivity index is 0.00000312. The van der Waals surface area contributed by atoms with Crippen LogP contribution >= 0.6 is 12.4 Å². The normalized spacial score (nSPS) is 15.4. The molecule has 9 heteroatoms. The smallest absolute Gasteiger partial charge is 0.333 e. The molecule has 140 valence electrons. The van der Waals surface area contributed by atoms with Gasteiger partial charge in [0.2, 0.25) is 11.8 Å². The highest BCUT2D eigenvalue weighted by Crippen LogP contribution is 2.32. The van der Waals surface area contributed by atoms with Crippen molar-refractivity contribution in [2.45, 2.75) is 38.4 Å². The van der Waals surface area contributed by atoms with Crippen molar-refractivity contribution in [1.82, 2.24) is 4.90 Å². The van der Waals surface area contributed by atoms with Gasteiger partial charge in [0.25, 0.3) is 0 Å². The number of benzene rings is 1. The van der Waals surface area contributed by atoms with Gasteiger partial charge >= 0.3 is 6.18 Å². The number of nitrogens with one attached hydrogen (secondary N) is 1. The highest BCUT2D eigenvalue weighted by atomic mass is 35.5. The topological polar surface area (TPSA) is 75.4 Å². The van der Waals surface area contributed by atoms with Crippen LogP contribution in [0.5, 0.6) is 0 Å². The number of likely N-dealkylation sites (tertiary alicyclic amines) is 1. The molecule has 0 aliphatic carbocycles. The van der Waals surface area contributed by atoms with Gasteiger partial charge in [0.05, 0.1) is 12.1 Å². The van der Waals surface area contributed by atoms with Crippen molar-refractivity contribution in [2.75, 3.05) is 18.4 Å². The van der Waals surface area contributed by atoms with Crippen molar-refractivity contribution in [1.29, 1.82) is 0 Å². The van der Waals surface area contributed by atoms with Crippen LogP contribution in [0.15, 0.2) is 18.2 Å². The summed E-state index contributed by atoms with van der Waals surface area (Å²) in [5.41, 5.74) is 4.84. The summed E-state index contributed by atoms with van der Waals surface area (Å²) in [5.74, 6) is -0.623. The number of carbonyl (C=O) groups excluding carboxylic acids is 2. The number of hydrogen-bond acceptors (Lipinski definition) is 3. The van der Waals surface area contributed by atoms with Crippen molar-refractivity contribution >= 4 is 29.9 Å². The van der Waals surface area contributed by atoms with E-state index < -0.39 is 17.6 Å². The minimum absolute atomic E-state index is 0. The molecule has 1 aromatic carbocycles. The molecular formula is C16H21ClF3N3O2. The van der Waals surface area contributed by atoms with Crippen LogP contribution in [0.3, 0.4) is 0 Å². The van der Waals surface area contributed by atoms with Crippen molar-refractivity contribution in [3.63, 3.8) is 0 Å². The quantitative estimate of drug-likeness (QED) is 0.844. The molecule has 0 bridgehead atoms. The van der Waals surface area contributed by atoms with Crippen molar-refractivity contribution in [3.05, 3.63) is 29.3 Å². The second-order valence-corrected chi connectivity index (χ2v) is 5.79. The van der Waals surface area contributed by atoms with Crippen molar-refractivity contribution in [2.24, 2.45) is 5.73 Å². The van der Waals surface area contributed by atoms with Crippen LogP contribution in [0.4, 0.5) is 18.9 Å². The largest absolute Gasteiger partial charge is 0.416 e. The lowest BCUT2D eigenvalue weighted by molar-refractivity contribution is -0.137. The number of amides is 2. The first-order chi connectivity index (χ1) is 11.3. The van der Waals surface area contributed by atoms with Crippen LogP contribution in [0, 0.1) is 0 Å². The molecule has 0 spiro atoms. The highest BCUT2D eigenvalue weighted by molar-refractivity contribution is 5.94. The predicted molar refractivity (Wildman–Crippen MR) is 90.3 cm³/mol. The Labute approximate surface area is 150 Å². The molecule has 0 radical (unpaired) electrons. The summed E-state index contributed by atoms with van der Waals surface area (Å²) in [6.07, 6.45) is -1.58. The van der Waals surface area contributed by atoms with Crippen LogP contribution < -0.4 is 11.1 Å². The first kappa shape index (κ1) is 21.2. The molecule has 0 aromatic heterocycles. The lowest BCUT2D eigenvalue weighted by atomic mass is 10.1. The average Bonchev–Trinajstić information content (AvgIpc) is 2.71. The molecule has 2 rings (SSSR count). The van der Waals surface area contributed by atoms with Crippen LogP contribution in [-0.2, 0) is 22.3 Å². The molecule has 1 heterocycles. The molecular weight excluding hydrogens is 359 g/mol. The van der Waals surface area contributed by atoms with Gasteiger partial charge in [-0.15, -0.1) is 12.4 Å². The van der Waals surface area contributed by atoms with Gasteiger partial charge in [0.1, 0.15) is 0 Å². The average molecular weight is 380 g/mol. The number of carbonyl (C=O) groups is 2. The highest BCUT2D eigenvalue weighted by Gasteiger charge is 2.31. The van der Waals surface area contributed by atoms with Crippen molar-refractivity contribution in [3.8, 4) is 0 Å². The molecule has 25 heavy (non-hydrogen) atoms. The van der Waals surface area contributed by atoms with E-state index in [4.69, 9.17) is 5.73 Å². The first-order valence-electron chi connectivity index (χ1n) is 7.78. The zero-order valence-corrected chi connectivity index (χ0v) is 14.4. The Morgan fingerprint density at radius 3 is 2.56 bits per heavy atom. The number of alkyl halides is 3. The number of anilines is 1. The molecule has 1 fully saturated rings. The van der Waals surface area contributed by atoms with Gasteiger partial charge in [-0.3, -0.25) is 9.59 Å². The summed E-state index contributed by atoms with van der Waals surface area (Å²) in [6.45, 7) is 0.257. The van der Waals surface area contributed by atoms with E-state index in [0.29, 0.717) is 13.0 Å². The van der Waals surface area contributed by atoms with Gasteiger partial charge in [-0.2, -0.15) is 13.2 Å². The standard InChI is InChI=1S/C16H20F3N3O2.ClH/c17-16(18,19)12-6-11(9-20)7-13(8-12)21-14(23)10-22-5-3-1-2-4-15(22)24;/h6-8H,1-5,9-10,20H2,(H,21,23);1H. The minimum Gasteiger partial charge on any atom is -0.333 e. The monoisotopic (exact) mass is 379 g/mol. The van der Waals surface area contributed by atoms with Gasteiger partial charge in [0, 0.05) is 25.2 Å². The Morgan fingerprint density at radius 1 is 1.20 bits per heavy atom. The number of rotatable bonds is 4. The van der Waals surface area contributed by atoms with Crippen LogP contribution in [0.1, 0.15) is 36.8 Å². The zero-order chi connectivity index (χ0) is 17.7. The second-order valence-electron chi connectivity index (χ2n) is 5.79. The summed E-state index contributed by atoms with van der Waals surface area (Å²) < 4.78 is 38.7. The van der Waals surface area contributed by atoms with E-state index in [1.54, 1.807) is 0 Å². The third-order valence-electron chi connectivity index (χ3n) is 3.85. The molecule has 3 N–H and O–H groups in total. The van der Waals surface area contributed by atoms with Gasteiger partial charge in [-0.25, -0.2) is 0 Å². The number of hydrogen-bond donors (Lipinski definition) is 2. The Bertz CT molecular complexity index is 623. The number of nitrogens with zero attached hydrogens (tertiary/aromatic N) is 1. The molecule has 5 nitrogen and oxygen atoms in total. The summed E-state index contributed by atoms with van der Waals surface area (Å²) in [4.78, 5) is 25.4. The molecule has 2 amide bonds. The predicted octanol–water partition coefficient (Wildman–Crippen LogP) is 2.93. The summed E-state index contributed by atoms with van der Waals surface area (Å²) in [6, 6.07) is 3.21. The van der Waals surface area contributed by atoms with Crippen LogP contribution in [0.25, 0.3) is 0 Å². The summed E-state index contributed by atoms with van der Waals surface area (Å²) in [7, 11) is 0. The molecule has 1 aliphatic rings. The molecule has 1 aromatic rings. The fourth-order valence-corrected chi connectivity index (χ4v) is 2.63. The van der Waals surface area contributed by atoms with E-state index in [1.165, 1.54) is 11.0 Å². The maximum atomic E-state index is 12.9. The first-order valence-corrected chi connectivity index (χ1v) is 7.78. The van der Waals surface area contributed by atoms with E-state index in [9.17, 15) is 22.8 Å². The van der Waals surface area contributed by atoms with Gasteiger partial charge in [-0.1, -0.05) is 6.42 Å². The zero-order valence-electron chi connectivity index (χ0n) is 13.6. The van der Waals surface area contributed by atoms with Gasteiger partial charge in [-0.05, 0) is 36.6 Å². The van der Waals surface area contributed by atoms with E-state index >= 15 is 0 Å². The van der Waals surface area contributed by atoms with Gasteiger partial charge < -0.3 is 16.0 Å². The Morgan fingerprint density at radius 2 is 1.92 bits per heavy atom. The Kier molecular flexibility index (Phi) is 7.69. The third kappa shape index (κ3) is 6.21. The lowest BCUT2D eigenvalue weighted by Crippen LogP contribution is -2.37. The minimum atomic E-state index is -4.52. The van der Waals surface area contributed by atoms with Crippen LogP contribution in [-0.4, -0.2) is 29.8 Å². The fourth-order valence-electron chi connectivity index (χ4n) is 2.63. The molecule has 0 unspecified atom stereocenters. The molecule has 0 saturated carbocycles. The molecule has 1 aliphatic heterocycles. The van der Waals surface area contributed by atoms with Crippen molar-refractivity contribution < 1.29 is 22.8 Å². The number of nitrogens with two attached hydrogens (primary N) is 1. The van der Waals surface area contributed by atoms with E-state index in [1.807, 2.05) is 0 Å². The maximum absolute atomic E-state index is 12.9. The van der Waals surface area contributed by atoms with Crippen LogP contribution in [0.2, 0.25) is 0 Å². The van der Waals surface area contributed by atoms with E-state index in [-0.39, 0.29) is 42.7 Å². The van der Waals surface area contributed by atoms with Gasteiger partial charge in [0.15, 0.2) is 0 Å². The summed E-state index contributed by atoms with van der Waals surface area (Å²) in [5, 5.41) is 2.43. The lowest BCUT2D eigenvalue weighted by Gasteiger charge is -2.20. The van der Waals surface area contributed by atoms with E-state index in [0.717, 1.165) is 31.4 Å². The second kappa shape index (κ2) is 9.05. The third-order valence-corrected chi connectivity index (χ3v) is 3.85. The van der Waals surface area contributed by atoms with E-state index in [2.05, 4.69) is 5.32 Å². The number of halogens is 4.